The minimum Gasteiger partial charge on any atom is -0.445 e. The summed E-state index contributed by atoms with van der Waals surface area (Å²) in [6, 6.07) is 15.2. The predicted octanol–water partition coefficient (Wildman–Crippen LogP) is 3.03. The fourth-order valence-electron chi connectivity index (χ4n) is 3.66. The monoisotopic (exact) mass is 584 g/mol. The van der Waals surface area contributed by atoms with Crippen LogP contribution in [0.1, 0.15) is 51.7 Å². The average molecular weight is 585 g/mol. The lowest BCUT2D eigenvalue weighted by Gasteiger charge is -2.21. The Labute approximate surface area is 245 Å². The quantitative estimate of drug-likeness (QED) is 0.208. The number of nitrogens with one attached hydrogen (secondary N) is 6. The van der Waals surface area contributed by atoms with Crippen molar-refractivity contribution >= 4 is 30.0 Å². The smallest absolute Gasteiger partial charge is 0.408 e. The average Bonchev–Trinajstić information content (AvgIpc) is 2.96. The van der Waals surface area contributed by atoms with Crippen molar-refractivity contribution in [3.63, 3.8) is 0 Å². The van der Waals surface area contributed by atoms with Gasteiger partial charge in [-0.3, -0.25) is 20.4 Å². The molecule has 228 valence electrons. The summed E-state index contributed by atoms with van der Waals surface area (Å²) in [6.45, 7) is 7.52. The zero-order chi connectivity index (χ0) is 30.9. The fraction of sp³-hybridized carbons (Fsp3) is 0.414. The molecule has 6 amide bonds. The molecule has 6 N–H and O–H groups in total. The minimum atomic E-state index is -0.996. The number of urea groups is 1. The molecule has 2 atom stereocenters. The molecule has 0 aliphatic rings. The zero-order valence-electron chi connectivity index (χ0n) is 24.3. The van der Waals surface area contributed by atoms with Crippen molar-refractivity contribution in [2.45, 2.75) is 65.8 Å². The Balaban J connectivity index is 1.81. The molecule has 0 aromatic heterocycles. The maximum absolute atomic E-state index is 12.7. The Morgan fingerprint density at radius 3 is 1.26 bits per heavy atom. The van der Waals surface area contributed by atoms with Crippen molar-refractivity contribution in [3.8, 4) is 0 Å². The third kappa shape index (κ3) is 13.5. The summed E-state index contributed by atoms with van der Waals surface area (Å²) in [5.74, 6) is -1.31. The second kappa shape index (κ2) is 17.8. The summed E-state index contributed by atoms with van der Waals surface area (Å²) >= 11 is 0. The number of benzene rings is 2. The first kappa shape index (κ1) is 33.4. The summed E-state index contributed by atoms with van der Waals surface area (Å²) in [5, 5.41) is 5.00. The van der Waals surface area contributed by atoms with E-state index in [1.165, 1.54) is 0 Å². The first-order valence-electron chi connectivity index (χ1n) is 13.6. The van der Waals surface area contributed by atoms with Crippen molar-refractivity contribution in [2.75, 3.05) is 0 Å². The van der Waals surface area contributed by atoms with Crippen LogP contribution in [0.5, 0.6) is 0 Å². The molecular weight excluding hydrogens is 544 g/mol. The first-order chi connectivity index (χ1) is 20.0. The van der Waals surface area contributed by atoms with Gasteiger partial charge in [0, 0.05) is 0 Å². The molecule has 0 heterocycles. The molecule has 2 rings (SSSR count). The number of carbonyl (C=O) groups is 5. The lowest BCUT2D eigenvalue weighted by Crippen LogP contribution is -2.58. The summed E-state index contributed by atoms with van der Waals surface area (Å²) in [7, 11) is 0. The lowest BCUT2D eigenvalue weighted by molar-refractivity contribution is -0.124. The van der Waals surface area contributed by atoms with Gasteiger partial charge in [0.2, 0.25) is 0 Å². The van der Waals surface area contributed by atoms with Crippen molar-refractivity contribution in [1.29, 1.82) is 0 Å². The molecule has 0 unspecified atom stereocenters. The summed E-state index contributed by atoms with van der Waals surface area (Å²) < 4.78 is 10.4. The molecule has 0 bridgehead atoms. The van der Waals surface area contributed by atoms with Gasteiger partial charge in [0.25, 0.3) is 11.8 Å². The van der Waals surface area contributed by atoms with Gasteiger partial charge in [-0.05, 0) is 35.8 Å². The minimum absolute atomic E-state index is 0.0282. The van der Waals surface area contributed by atoms with E-state index in [1.807, 2.05) is 64.1 Å². The Hall–Kier alpha value is -4.81. The van der Waals surface area contributed by atoms with Crippen molar-refractivity contribution in [2.24, 2.45) is 11.8 Å². The summed E-state index contributed by atoms with van der Waals surface area (Å²) in [5.41, 5.74) is 10.2. The van der Waals surface area contributed by atoms with Crippen LogP contribution < -0.4 is 32.3 Å². The van der Waals surface area contributed by atoms with Crippen molar-refractivity contribution in [1.82, 2.24) is 32.3 Å². The Morgan fingerprint density at radius 2 is 0.929 bits per heavy atom. The first-order valence-corrected chi connectivity index (χ1v) is 13.6. The molecule has 13 nitrogen and oxygen atoms in total. The third-order valence-corrected chi connectivity index (χ3v) is 5.66. The maximum Gasteiger partial charge on any atom is 0.408 e. The number of hydrogen-bond donors (Lipinski definition) is 6. The van der Waals surface area contributed by atoms with Crippen LogP contribution in [0.15, 0.2) is 60.7 Å². The number of alkyl carbamates (subject to hydrolysis) is 2. The number of rotatable bonds is 12. The molecule has 0 radical (unpaired) electrons. The third-order valence-electron chi connectivity index (χ3n) is 5.66. The number of hydrogen-bond acceptors (Lipinski definition) is 7. The molecule has 0 saturated carbocycles. The van der Waals surface area contributed by atoms with E-state index in [-0.39, 0.29) is 37.9 Å². The van der Waals surface area contributed by atoms with Crippen LogP contribution in [0.3, 0.4) is 0 Å². The van der Waals surface area contributed by atoms with E-state index in [2.05, 4.69) is 32.3 Å². The van der Waals surface area contributed by atoms with Gasteiger partial charge in [0.05, 0.1) is 0 Å². The van der Waals surface area contributed by atoms with Crippen LogP contribution >= 0.6 is 0 Å². The molecule has 13 heteroatoms. The highest BCUT2D eigenvalue weighted by atomic mass is 16.6. The lowest BCUT2D eigenvalue weighted by atomic mass is 10.0. The number of hydrazine groups is 2. The van der Waals surface area contributed by atoms with E-state index < -0.39 is 42.1 Å². The SMILES string of the molecule is CC(C)C[C@H](NC(=O)OCc1ccccc1)C(=O)NNC(=O)NNC(=O)[C@@H](CC(C)C)NC(=O)OCc1ccccc1. The Morgan fingerprint density at radius 1 is 0.571 bits per heavy atom. The normalized spacial score (nSPS) is 12.0. The predicted molar refractivity (Wildman–Crippen MR) is 154 cm³/mol. The fourth-order valence-corrected chi connectivity index (χ4v) is 3.66. The van der Waals surface area contributed by atoms with E-state index in [4.69, 9.17) is 9.47 Å². The van der Waals surface area contributed by atoms with E-state index in [0.29, 0.717) is 0 Å². The van der Waals surface area contributed by atoms with E-state index >= 15 is 0 Å². The van der Waals surface area contributed by atoms with Crippen molar-refractivity contribution < 1.29 is 33.4 Å². The standard InChI is InChI=1S/C29H40N6O7/c1-19(2)15-23(30-28(39)41-17-21-11-7-5-8-12-21)25(36)32-34-27(38)35-33-26(37)24(16-20(3)4)31-29(40)42-18-22-13-9-6-10-14-22/h5-14,19-20,23-24H,15-18H2,1-4H3,(H,30,39)(H,31,40)(H,32,36)(H,33,37)(H2,34,35,38)/t23-,24+. The molecule has 0 saturated heterocycles. The summed E-state index contributed by atoms with van der Waals surface area (Å²) in [6.07, 6.45) is -1.03. The molecule has 0 spiro atoms. The van der Waals surface area contributed by atoms with Gasteiger partial charge in [-0.1, -0.05) is 88.4 Å². The van der Waals surface area contributed by atoms with Crippen LogP contribution in [0.4, 0.5) is 14.4 Å². The molecule has 42 heavy (non-hydrogen) atoms. The Kier molecular flexibility index (Phi) is 14.1. The van der Waals surface area contributed by atoms with Crippen LogP contribution in [0.25, 0.3) is 0 Å². The largest absolute Gasteiger partial charge is 0.445 e. The molecule has 2 aromatic rings. The van der Waals surface area contributed by atoms with E-state index in [0.717, 1.165) is 11.1 Å². The molecule has 0 fully saturated rings. The van der Waals surface area contributed by atoms with Crippen LogP contribution in [0, 0.1) is 11.8 Å². The zero-order valence-corrected chi connectivity index (χ0v) is 24.3. The molecule has 0 aliphatic carbocycles. The van der Waals surface area contributed by atoms with Gasteiger partial charge in [0.15, 0.2) is 0 Å². The highest BCUT2D eigenvalue weighted by Gasteiger charge is 2.25. The van der Waals surface area contributed by atoms with E-state index in [1.54, 1.807) is 24.3 Å². The van der Waals surface area contributed by atoms with Gasteiger partial charge in [-0.2, -0.15) is 0 Å². The topological polar surface area (TPSA) is 176 Å². The van der Waals surface area contributed by atoms with E-state index in [9.17, 15) is 24.0 Å². The number of amides is 6. The van der Waals surface area contributed by atoms with Crippen LogP contribution in [-0.4, -0.2) is 42.1 Å². The second-order valence-corrected chi connectivity index (χ2v) is 10.3. The Bertz CT molecular complexity index is 1070. The number of carbonyl (C=O) groups excluding carboxylic acids is 5. The maximum atomic E-state index is 12.7. The second-order valence-electron chi connectivity index (χ2n) is 10.3. The number of ether oxygens (including phenoxy) is 2. The van der Waals surface area contributed by atoms with Gasteiger partial charge in [0.1, 0.15) is 25.3 Å². The highest BCUT2D eigenvalue weighted by molar-refractivity contribution is 5.89. The van der Waals surface area contributed by atoms with Gasteiger partial charge >= 0.3 is 18.2 Å². The van der Waals surface area contributed by atoms with Gasteiger partial charge in [-0.25, -0.2) is 25.2 Å². The van der Waals surface area contributed by atoms with Gasteiger partial charge < -0.3 is 20.1 Å². The van der Waals surface area contributed by atoms with Gasteiger partial charge in [-0.15, -0.1) is 0 Å². The highest BCUT2D eigenvalue weighted by Crippen LogP contribution is 2.08. The summed E-state index contributed by atoms with van der Waals surface area (Å²) in [4.78, 5) is 62.1. The molecule has 0 aliphatic heterocycles. The van der Waals surface area contributed by atoms with Crippen molar-refractivity contribution in [3.05, 3.63) is 71.8 Å². The molecular formula is C29H40N6O7. The van der Waals surface area contributed by atoms with Crippen LogP contribution in [0.2, 0.25) is 0 Å². The molecule has 2 aromatic carbocycles. The van der Waals surface area contributed by atoms with Crippen LogP contribution in [-0.2, 0) is 32.3 Å².